The minimum atomic E-state index is -1.02. The van der Waals surface area contributed by atoms with Gasteiger partial charge in [0.2, 0.25) is 6.39 Å². The molecule has 0 saturated carbocycles. The van der Waals surface area contributed by atoms with Crippen LogP contribution in [0.5, 0.6) is 0 Å². The van der Waals surface area contributed by atoms with E-state index in [9.17, 15) is 4.79 Å². The van der Waals surface area contributed by atoms with Gasteiger partial charge < -0.3 is 14.9 Å². The van der Waals surface area contributed by atoms with E-state index >= 15 is 0 Å². The first-order valence-electron chi connectivity index (χ1n) is 5.28. The first-order chi connectivity index (χ1) is 8.58. The van der Waals surface area contributed by atoms with Crippen LogP contribution in [0.25, 0.3) is 0 Å². The second-order valence-corrected chi connectivity index (χ2v) is 3.78. The summed E-state index contributed by atoms with van der Waals surface area (Å²) < 4.78 is 4.60. The number of carbonyl (C=O) groups is 1. The molecule has 0 aliphatic rings. The molecule has 94 valence electrons. The minimum Gasteiger partial charge on any atom is -0.478 e. The Morgan fingerprint density at radius 2 is 2.28 bits per heavy atom. The summed E-state index contributed by atoms with van der Waals surface area (Å²) >= 11 is 0. The number of rotatable bonds is 4. The van der Waals surface area contributed by atoms with Crippen molar-refractivity contribution < 1.29 is 14.4 Å². The van der Waals surface area contributed by atoms with E-state index in [1.54, 1.807) is 19.9 Å². The lowest BCUT2D eigenvalue weighted by molar-refractivity contribution is 0.0696. The maximum absolute atomic E-state index is 11.2. The van der Waals surface area contributed by atoms with Gasteiger partial charge in [-0.15, -0.1) is 0 Å². The van der Waals surface area contributed by atoms with Gasteiger partial charge in [-0.25, -0.2) is 4.79 Å². The Hall–Kier alpha value is -2.44. The van der Waals surface area contributed by atoms with Crippen LogP contribution in [0.4, 0.5) is 5.69 Å². The summed E-state index contributed by atoms with van der Waals surface area (Å²) in [4.78, 5) is 19.2. The number of anilines is 1. The summed E-state index contributed by atoms with van der Waals surface area (Å²) in [5, 5.41) is 15.8. The van der Waals surface area contributed by atoms with E-state index < -0.39 is 5.97 Å². The first-order valence-corrected chi connectivity index (χ1v) is 5.28. The van der Waals surface area contributed by atoms with Crippen LogP contribution in [0, 0.1) is 13.8 Å². The van der Waals surface area contributed by atoms with Crippen LogP contribution in [0.3, 0.4) is 0 Å². The molecule has 2 aromatic heterocycles. The summed E-state index contributed by atoms with van der Waals surface area (Å²) in [6, 6.07) is 1.68. The molecule has 7 heteroatoms. The molecule has 0 aromatic carbocycles. The van der Waals surface area contributed by atoms with Crippen LogP contribution in [0.2, 0.25) is 0 Å². The highest BCUT2D eigenvalue weighted by Gasteiger charge is 2.15. The zero-order valence-corrected chi connectivity index (χ0v) is 9.97. The molecule has 0 aliphatic heterocycles. The molecule has 0 amide bonds. The van der Waals surface area contributed by atoms with Gasteiger partial charge in [0.05, 0.1) is 17.9 Å². The van der Waals surface area contributed by atoms with Gasteiger partial charge in [0, 0.05) is 5.69 Å². The normalized spacial score (nSPS) is 10.3. The SMILES string of the molecule is Cc1cc(NCc2ncon2)c(C(=O)O)c(C)n1. The number of aryl methyl sites for hydroxylation is 2. The molecule has 0 fully saturated rings. The van der Waals surface area contributed by atoms with Crippen molar-refractivity contribution in [1.29, 1.82) is 0 Å². The Morgan fingerprint density at radius 1 is 1.50 bits per heavy atom. The van der Waals surface area contributed by atoms with Crippen molar-refractivity contribution in [2.45, 2.75) is 20.4 Å². The fourth-order valence-corrected chi connectivity index (χ4v) is 1.68. The lowest BCUT2D eigenvalue weighted by atomic mass is 10.1. The van der Waals surface area contributed by atoms with E-state index in [2.05, 4.69) is 25.0 Å². The number of carboxylic acid groups (broad SMARTS) is 1. The predicted molar refractivity (Wildman–Crippen MR) is 62.3 cm³/mol. The van der Waals surface area contributed by atoms with Crippen molar-refractivity contribution in [3.63, 3.8) is 0 Å². The maximum atomic E-state index is 11.2. The number of pyridine rings is 1. The predicted octanol–water partition coefficient (Wildman–Crippen LogP) is 1.39. The Morgan fingerprint density at radius 3 is 2.89 bits per heavy atom. The molecular weight excluding hydrogens is 236 g/mol. The Bertz CT molecular complexity index is 566. The fraction of sp³-hybridized carbons (Fsp3) is 0.273. The number of aromatic carboxylic acids is 1. The molecule has 0 unspecified atom stereocenters. The van der Waals surface area contributed by atoms with E-state index in [0.29, 0.717) is 23.8 Å². The van der Waals surface area contributed by atoms with Crippen LogP contribution in [-0.4, -0.2) is 26.2 Å². The zero-order chi connectivity index (χ0) is 13.1. The molecule has 7 nitrogen and oxygen atoms in total. The molecule has 0 aliphatic carbocycles. The summed E-state index contributed by atoms with van der Waals surface area (Å²) in [5.41, 5.74) is 1.87. The van der Waals surface area contributed by atoms with Gasteiger partial charge in [0.15, 0.2) is 5.82 Å². The number of nitrogens with zero attached hydrogens (tertiary/aromatic N) is 3. The van der Waals surface area contributed by atoms with Gasteiger partial charge in [-0.3, -0.25) is 4.98 Å². The van der Waals surface area contributed by atoms with Crippen molar-refractivity contribution in [3.8, 4) is 0 Å². The van der Waals surface area contributed by atoms with Crippen molar-refractivity contribution in [2.75, 3.05) is 5.32 Å². The molecular formula is C11H12N4O3. The topological polar surface area (TPSA) is 101 Å². The standard InChI is InChI=1S/C11H12N4O3/c1-6-3-8(10(11(16)17)7(2)14-6)12-4-9-13-5-18-15-9/h3,5H,4H2,1-2H3,(H,12,14)(H,16,17). The maximum Gasteiger partial charge on any atom is 0.339 e. The lowest BCUT2D eigenvalue weighted by Gasteiger charge is -2.10. The van der Waals surface area contributed by atoms with Gasteiger partial charge in [0.1, 0.15) is 5.56 Å². The number of aromatic nitrogens is 3. The van der Waals surface area contributed by atoms with Gasteiger partial charge in [-0.05, 0) is 19.9 Å². The second kappa shape index (κ2) is 4.82. The molecule has 0 bridgehead atoms. The highest BCUT2D eigenvalue weighted by Crippen LogP contribution is 2.20. The number of hydrogen-bond acceptors (Lipinski definition) is 6. The highest BCUT2D eigenvalue weighted by atomic mass is 16.5. The van der Waals surface area contributed by atoms with E-state index in [1.807, 2.05) is 0 Å². The van der Waals surface area contributed by atoms with Crippen LogP contribution < -0.4 is 5.32 Å². The first kappa shape index (κ1) is 12.0. The number of carboxylic acids is 1. The molecule has 0 saturated heterocycles. The molecule has 18 heavy (non-hydrogen) atoms. The van der Waals surface area contributed by atoms with Gasteiger partial charge >= 0.3 is 5.97 Å². The van der Waals surface area contributed by atoms with Crippen molar-refractivity contribution in [3.05, 3.63) is 35.2 Å². The van der Waals surface area contributed by atoms with Crippen LogP contribution in [0.1, 0.15) is 27.6 Å². The molecule has 2 heterocycles. The molecule has 0 atom stereocenters. The highest BCUT2D eigenvalue weighted by molar-refractivity contribution is 5.95. The number of hydrogen-bond donors (Lipinski definition) is 2. The summed E-state index contributed by atoms with van der Waals surface area (Å²) in [6.45, 7) is 3.76. The molecule has 2 rings (SSSR count). The summed E-state index contributed by atoms with van der Waals surface area (Å²) in [7, 11) is 0. The van der Waals surface area contributed by atoms with Crippen LogP contribution >= 0.6 is 0 Å². The Labute approximate surface area is 103 Å². The molecule has 0 spiro atoms. The Kier molecular flexibility index (Phi) is 3.22. The number of nitrogens with one attached hydrogen (secondary N) is 1. The lowest BCUT2D eigenvalue weighted by Crippen LogP contribution is -2.11. The van der Waals surface area contributed by atoms with Gasteiger partial charge in [-0.2, -0.15) is 4.98 Å². The Balaban J connectivity index is 2.28. The van der Waals surface area contributed by atoms with Crippen LogP contribution in [-0.2, 0) is 6.54 Å². The van der Waals surface area contributed by atoms with Crippen molar-refractivity contribution >= 4 is 11.7 Å². The molecule has 2 aromatic rings. The van der Waals surface area contributed by atoms with E-state index in [0.717, 1.165) is 5.69 Å². The zero-order valence-electron chi connectivity index (χ0n) is 9.97. The van der Waals surface area contributed by atoms with Crippen molar-refractivity contribution in [2.24, 2.45) is 0 Å². The third-order valence-electron chi connectivity index (χ3n) is 2.39. The monoisotopic (exact) mass is 248 g/mol. The molecule has 2 N–H and O–H groups in total. The van der Waals surface area contributed by atoms with Gasteiger partial charge in [-0.1, -0.05) is 5.16 Å². The quantitative estimate of drug-likeness (QED) is 0.842. The largest absolute Gasteiger partial charge is 0.478 e. The average molecular weight is 248 g/mol. The second-order valence-electron chi connectivity index (χ2n) is 3.78. The third kappa shape index (κ3) is 2.45. The molecule has 0 radical (unpaired) electrons. The van der Waals surface area contributed by atoms with Crippen LogP contribution in [0.15, 0.2) is 17.0 Å². The van der Waals surface area contributed by atoms with Crippen molar-refractivity contribution in [1.82, 2.24) is 15.1 Å². The summed E-state index contributed by atoms with van der Waals surface area (Å²) in [6.07, 6.45) is 1.22. The smallest absolute Gasteiger partial charge is 0.339 e. The van der Waals surface area contributed by atoms with E-state index in [-0.39, 0.29) is 5.56 Å². The fourth-order valence-electron chi connectivity index (χ4n) is 1.68. The minimum absolute atomic E-state index is 0.157. The third-order valence-corrected chi connectivity index (χ3v) is 2.39. The van der Waals surface area contributed by atoms with E-state index in [1.165, 1.54) is 6.39 Å². The van der Waals surface area contributed by atoms with Gasteiger partial charge in [0.25, 0.3) is 0 Å². The van der Waals surface area contributed by atoms with E-state index in [4.69, 9.17) is 5.11 Å². The summed E-state index contributed by atoms with van der Waals surface area (Å²) in [5.74, 6) is -0.561. The average Bonchev–Trinajstić information content (AvgIpc) is 2.77.